The van der Waals surface area contributed by atoms with E-state index in [1.807, 2.05) is 0 Å². The third kappa shape index (κ3) is 4.69. The Balaban J connectivity index is 2.20. The van der Waals surface area contributed by atoms with Crippen molar-refractivity contribution >= 4 is 11.7 Å². The van der Waals surface area contributed by atoms with E-state index in [-0.39, 0.29) is 5.56 Å². The largest absolute Gasteiger partial charge is 0.416 e. The highest BCUT2D eigenvalue weighted by molar-refractivity contribution is 5.90. The molecule has 1 aromatic heterocycles. The quantitative estimate of drug-likeness (QED) is 0.787. The van der Waals surface area contributed by atoms with E-state index in [0.29, 0.717) is 11.4 Å². The van der Waals surface area contributed by atoms with Crippen LogP contribution in [0.3, 0.4) is 0 Å². The minimum Gasteiger partial charge on any atom is -0.394 e. The molecule has 0 fully saturated rings. The number of pyridine rings is 1. The molecule has 2 rings (SSSR count). The Kier molecular flexibility index (Phi) is 5.63. The van der Waals surface area contributed by atoms with Crippen LogP contribution in [-0.4, -0.2) is 22.7 Å². The lowest BCUT2D eigenvalue weighted by atomic mass is 10.0. The van der Waals surface area contributed by atoms with E-state index >= 15 is 0 Å². The molecule has 1 atom stereocenters. The lowest BCUT2D eigenvalue weighted by molar-refractivity contribution is -0.138. The van der Waals surface area contributed by atoms with Gasteiger partial charge in [0.1, 0.15) is 0 Å². The number of alkyl halides is 3. The molecule has 0 aliphatic carbocycles. The summed E-state index contributed by atoms with van der Waals surface area (Å²) in [7, 11) is 0. The minimum absolute atomic E-state index is 0.202. The summed E-state index contributed by atoms with van der Waals surface area (Å²) in [6, 6.07) is 4.57. The molecule has 0 radical (unpaired) electrons. The number of anilines is 1. The first kappa shape index (κ1) is 18.7. The van der Waals surface area contributed by atoms with Crippen molar-refractivity contribution in [2.75, 3.05) is 11.9 Å². The Bertz CT molecular complexity index is 763. The maximum atomic E-state index is 13.1. The number of nitrogens with one attached hydrogen (secondary N) is 2. The number of carbonyl (C=O) groups excluding carboxylic acids is 1. The number of aliphatic hydroxyl groups is 1. The third-order valence-electron chi connectivity index (χ3n) is 3.60. The number of benzene rings is 1. The lowest BCUT2D eigenvalue weighted by Crippen LogP contribution is -2.35. The van der Waals surface area contributed by atoms with Crippen LogP contribution in [-0.2, 0) is 6.18 Å². The normalized spacial score (nSPS) is 12.6. The van der Waals surface area contributed by atoms with E-state index in [1.54, 1.807) is 26.1 Å². The van der Waals surface area contributed by atoms with E-state index < -0.39 is 30.4 Å². The van der Waals surface area contributed by atoms with E-state index in [9.17, 15) is 23.1 Å². The lowest BCUT2D eigenvalue weighted by Gasteiger charge is -2.21. The number of urea groups is 1. The Morgan fingerprint density at radius 2 is 1.96 bits per heavy atom. The maximum Gasteiger partial charge on any atom is 0.416 e. The van der Waals surface area contributed by atoms with Crippen LogP contribution >= 0.6 is 0 Å². The van der Waals surface area contributed by atoms with Crippen molar-refractivity contribution in [3.05, 3.63) is 58.9 Å². The van der Waals surface area contributed by atoms with Crippen molar-refractivity contribution in [3.8, 4) is 0 Å². The molecule has 2 amide bonds. The molecule has 0 spiro atoms. The van der Waals surface area contributed by atoms with Crippen LogP contribution in [0.1, 0.15) is 28.4 Å². The fraction of sp³-hybridized carbons (Fsp3) is 0.294. The monoisotopic (exact) mass is 353 g/mol. The summed E-state index contributed by atoms with van der Waals surface area (Å²) in [5.41, 5.74) is 0.729. The van der Waals surface area contributed by atoms with Crippen LogP contribution in [0.15, 0.2) is 36.5 Å². The van der Waals surface area contributed by atoms with E-state index in [0.717, 1.165) is 11.6 Å². The number of halogens is 3. The fourth-order valence-corrected chi connectivity index (χ4v) is 2.36. The number of amides is 2. The first-order valence-electron chi connectivity index (χ1n) is 7.50. The van der Waals surface area contributed by atoms with Gasteiger partial charge in [-0.1, -0.05) is 18.2 Å². The number of nitrogens with zero attached hydrogens (tertiary/aromatic N) is 1. The number of hydrogen-bond donors (Lipinski definition) is 3. The highest BCUT2D eigenvalue weighted by Crippen LogP contribution is 2.34. The number of aryl methyl sites for hydroxylation is 2. The molecular formula is C17H18F3N3O2. The van der Waals surface area contributed by atoms with Crippen molar-refractivity contribution in [2.45, 2.75) is 26.1 Å². The molecule has 1 unspecified atom stereocenters. The van der Waals surface area contributed by atoms with Gasteiger partial charge in [0.2, 0.25) is 0 Å². The second-order valence-corrected chi connectivity index (χ2v) is 5.56. The first-order chi connectivity index (χ1) is 11.7. The Labute approximate surface area is 142 Å². The molecule has 0 aliphatic heterocycles. The molecule has 0 saturated carbocycles. The van der Waals surface area contributed by atoms with Gasteiger partial charge < -0.3 is 15.7 Å². The minimum atomic E-state index is -4.58. The van der Waals surface area contributed by atoms with Crippen LogP contribution in [0.4, 0.5) is 23.7 Å². The third-order valence-corrected chi connectivity index (χ3v) is 3.60. The zero-order chi connectivity index (χ0) is 18.6. The summed E-state index contributed by atoms with van der Waals surface area (Å²) >= 11 is 0. The molecule has 5 nitrogen and oxygen atoms in total. The highest BCUT2D eigenvalue weighted by Gasteiger charge is 2.35. The zero-order valence-electron chi connectivity index (χ0n) is 13.7. The van der Waals surface area contributed by atoms with Gasteiger partial charge in [0.05, 0.1) is 29.6 Å². The molecule has 0 bridgehead atoms. The maximum absolute atomic E-state index is 13.1. The summed E-state index contributed by atoms with van der Waals surface area (Å²) in [5, 5.41) is 14.4. The Hall–Kier alpha value is -2.61. The summed E-state index contributed by atoms with van der Waals surface area (Å²) in [6.07, 6.45) is -2.95. The van der Waals surface area contributed by atoms with Crippen LogP contribution in [0.25, 0.3) is 0 Å². The predicted molar refractivity (Wildman–Crippen MR) is 87.1 cm³/mol. The van der Waals surface area contributed by atoms with Gasteiger partial charge in [0.25, 0.3) is 0 Å². The molecule has 1 aromatic carbocycles. The molecule has 25 heavy (non-hydrogen) atoms. The fourth-order valence-electron chi connectivity index (χ4n) is 2.36. The van der Waals surface area contributed by atoms with Gasteiger partial charge >= 0.3 is 12.2 Å². The highest BCUT2D eigenvalue weighted by atomic mass is 19.4. The number of hydrogen-bond acceptors (Lipinski definition) is 3. The molecule has 3 N–H and O–H groups in total. The van der Waals surface area contributed by atoms with Gasteiger partial charge in [-0.25, -0.2) is 4.79 Å². The predicted octanol–water partition coefficient (Wildman–Crippen LogP) is 3.57. The second-order valence-electron chi connectivity index (χ2n) is 5.56. The van der Waals surface area contributed by atoms with Crippen LogP contribution in [0.5, 0.6) is 0 Å². The molecule has 1 heterocycles. The van der Waals surface area contributed by atoms with Crippen molar-refractivity contribution < 1.29 is 23.1 Å². The van der Waals surface area contributed by atoms with Gasteiger partial charge in [-0.05, 0) is 37.1 Å². The molecule has 8 heteroatoms. The average Bonchev–Trinajstić information content (AvgIpc) is 2.55. The summed E-state index contributed by atoms with van der Waals surface area (Å²) in [6.45, 7) is 2.81. The van der Waals surface area contributed by atoms with Crippen LogP contribution in [0, 0.1) is 13.8 Å². The first-order valence-corrected chi connectivity index (χ1v) is 7.50. The van der Waals surface area contributed by atoms with Crippen molar-refractivity contribution in [2.24, 2.45) is 0 Å². The number of rotatable bonds is 4. The molecule has 134 valence electrons. The van der Waals surface area contributed by atoms with Gasteiger partial charge in [-0.15, -0.1) is 0 Å². The van der Waals surface area contributed by atoms with E-state index in [4.69, 9.17) is 0 Å². The Morgan fingerprint density at radius 1 is 1.28 bits per heavy atom. The van der Waals surface area contributed by atoms with Gasteiger partial charge in [0, 0.05) is 6.20 Å². The summed E-state index contributed by atoms with van der Waals surface area (Å²) in [4.78, 5) is 16.2. The van der Waals surface area contributed by atoms with Crippen LogP contribution in [0.2, 0.25) is 0 Å². The number of aliphatic hydroxyl groups excluding tert-OH is 1. The van der Waals surface area contributed by atoms with E-state index in [2.05, 4.69) is 15.6 Å². The summed E-state index contributed by atoms with van der Waals surface area (Å²) < 4.78 is 39.3. The molecule has 0 aliphatic rings. The smallest absolute Gasteiger partial charge is 0.394 e. The molecular weight excluding hydrogens is 335 g/mol. The van der Waals surface area contributed by atoms with Gasteiger partial charge in [-0.2, -0.15) is 13.2 Å². The SMILES string of the molecule is Cc1cnc(C)c(NC(=O)NC(CO)c2ccccc2C(F)(F)F)c1. The Morgan fingerprint density at radius 3 is 2.60 bits per heavy atom. The zero-order valence-corrected chi connectivity index (χ0v) is 13.7. The topological polar surface area (TPSA) is 74.2 Å². The average molecular weight is 353 g/mol. The second kappa shape index (κ2) is 7.52. The van der Waals surface area contributed by atoms with Crippen LogP contribution < -0.4 is 10.6 Å². The molecule has 2 aromatic rings. The standard InChI is InChI=1S/C17H18F3N3O2/c1-10-7-14(11(2)21-8-10)22-16(25)23-15(9-24)12-5-3-4-6-13(12)17(18,19)20/h3-8,15,24H,9H2,1-2H3,(H2,22,23,25). The van der Waals surface area contributed by atoms with E-state index in [1.165, 1.54) is 18.2 Å². The van der Waals surface area contributed by atoms with Crippen molar-refractivity contribution in [3.63, 3.8) is 0 Å². The van der Waals surface area contributed by atoms with Crippen molar-refractivity contribution in [1.82, 2.24) is 10.3 Å². The number of aromatic nitrogens is 1. The van der Waals surface area contributed by atoms with Gasteiger partial charge in [-0.3, -0.25) is 4.98 Å². The molecule has 0 saturated heterocycles. The number of carbonyl (C=O) groups is 1. The van der Waals surface area contributed by atoms with Gasteiger partial charge in [0.15, 0.2) is 0 Å². The van der Waals surface area contributed by atoms with Crippen molar-refractivity contribution in [1.29, 1.82) is 0 Å². The summed E-state index contributed by atoms with van der Waals surface area (Å²) in [5.74, 6) is 0.